The highest BCUT2D eigenvalue weighted by Crippen LogP contribution is 2.52. The Morgan fingerprint density at radius 1 is 1.34 bits per heavy atom. The van der Waals surface area contributed by atoms with Gasteiger partial charge in [0.2, 0.25) is 5.88 Å². The highest BCUT2D eigenvalue weighted by atomic mass is 35.5. The fraction of sp³-hybridized carbons (Fsp3) is 0.333. The van der Waals surface area contributed by atoms with Gasteiger partial charge in [-0.25, -0.2) is 4.98 Å². The highest BCUT2D eigenvalue weighted by Gasteiger charge is 2.27. The topological polar surface area (TPSA) is 113 Å². The van der Waals surface area contributed by atoms with Crippen molar-refractivity contribution in [3.8, 4) is 11.6 Å². The lowest BCUT2D eigenvalue weighted by atomic mass is 10.2. The van der Waals surface area contributed by atoms with Gasteiger partial charge in [-0.2, -0.15) is 0 Å². The number of hydrogen-bond acceptors (Lipinski definition) is 8. The normalized spacial score (nSPS) is 14.7. The fourth-order valence-corrected chi connectivity index (χ4v) is 4.32. The quantitative estimate of drug-likeness (QED) is 0.597. The molecule has 0 saturated heterocycles. The number of benzene rings is 1. The van der Waals surface area contributed by atoms with Crippen molar-refractivity contribution < 1.29 is 28.1 Å². The molecular formula is C18H22ClN3O6S. The molecule has 9 nitrogen and oxygen atoms in total. The highest BCUT2D eigenvalue weighted by molar-refractivity contribution is 8.25. The van der Waals surface area contributed by atoms with Gasteiger partial charge in [0.05, 0.1) is 32.1 Å². The molecule has 0 unspecified atom stereocenters. The maximum atomic E-state index is 12.8. The Bertz CT molecular complexity index is 896. The zero-order chi connectivity index (χ0) is 21.0. The van der Waals surface area contributed by atoms with Crippen LogP contribution in [0.15, 0.2) is 35.4 Å². The van der Waals surface area contributed by atoms with Crippen LogP contribution in [-0.4, -0.2) is 65.4 Å². The van der Waals surface area contributed by atoms with Crippen LogP contribution in [0, 0.1) is 0 Å². The third kappa shape index (κ3) is 4.85. The number of nitrogens with zero attached hydrogens (tertiary/aromatic N) is 2. The number of aromatic nitrogens is 1. The lowest BCUT2D eigenvalue weighted by Gasteiger charge is -2.34. The smallest absolute Gasteiger partial charge is 0.259 e. The van der Waals surface area contributed by atoms with E-state index in [0.717, 1.165) is 0 Å². The van der Waals surface area contributed by atoms with Gasteiger partial charge in [-0.15, -0.1) is 0 Å². The van der Waals surface area contributed by atoms with Crippen LogP contribution in [0.3, 0.4) is 0 Å². The fourth-order valence-electron chi connectivity index (χ4n) is 2.81. The Kier molecular flexibility index (Phi) is 6.70. The molecule has 0 spiro atoms. The van der Waals surface area contributed by atoms with Crippen LogP contribution in [0.5, 0.6) is 11.6 Å². The van der Waals surface area contributed by atoms with Gasteiger partial charge in [0.1, 0.15) is 22.8 Å². The SMILES string of the molecule is COCCN1CCOc2ncc(NS(O)(O)c3cc(Cl)ccc3OC)cc2C1=O. The number of fused-ring (bicyclic) bond motifs is 1. The Labute approximate surface area is 175 Å². The second-order valence-corrected chi connectivity index (χ2v) is 8.33. The summed E-state index contributed by atoms with van der Waals surface area (Å²) in [6.45, 7) is 1.50. The van der Waals surface area contributed by atoms with E-state index in [1.165, 1.54) is 31.5 Å². The Morgan fingerprint density at radius 2 is 2.14 bits per heavy atom. The molecule has 1 aromatic heterocycles. The van der Waals surface area contributed by atoms with Gasteiger partial charge in [0.25, 0.3) is 5.91 Å². The second kappa shape index (κ2) is 9.06. The predicted octanol–water partition coefficient (Wildman–Crippen LogP) is 3.36. The van der Waals surface area contributed by atoms with Crippen LogP contribution in [0.25, 0.3) is 0 Å². The number of nitrogens with one attached hydrogen (secondary N) is 1. The van der Waals surface area contributed by atoms with Gasteiger partial charge in [-0.05, 0) is 24.3 Å². The standard InChI is InChI=1S/C18H22ClN3O6S/c1-26-7-5-22-6-8-28-17-14(18(22)23)10-13(11-20-17)21-29(24,25)16-9-12(19)3-4-15(16)27-2/h3-4,9-11,21,24-25H,5-8H2,1-2H3. The van der Waals surface area contributed by atoms with Crippen molar-refractivity contribution in [1.29, 1.82) is 0 Å². The molecule has 1 aliphatic rings. The molecular weight excluding hydrogens is 422 g/mol. The number of halogens is 1. The Hall–Kier alpha value is -2.24. The van der Waals surface area contributed by atoms with Crippen LogP contribution < -0.4 is 14.2 Å². The number of carbonyl (C=O) groups is 1. The monoisotopic (exact) mass is 443 g/mol. The number of amides is 1. The van der Waals surface area contributed by atoms with Gasteiger partial charge >= 0.3 is 0 Å². The van der Waals surface area contributed by atoms with E-state index >= 15 is 0 Å². The molecule has 0 bridgehead atoms. The number of anilines is 1. The van der Waals surface area contributed by atoms with E-state index in [0.29, 0.717) is 31.3 Å². The lowest BCUT2D eigenvalue weighted by Crippen LogP contribution is -2.35. The average molecular weight is 444 g/mol. The summed E-state index contributed by atoms with van der Waals surface area (Å²) < 4.78 is 39.8. The van der Waals surface area contributed by atoms with E-state index in [2.05, 4.69) is 9.71 Å². The maximum absolute atomic E-state index is 12.8. The van der Waals surface area contributed by atoms with E-state index < -0.39 is 10.8 Å². The van der Waals surface area contributed by atoms with Crippen molar-refractivity contribution in [3.05, 3.63) is 41.0 Å². The molecule has 0 saturated carbocycles. The minimum Gasteiger partial charge on any atom is -0.495 e. The molecule has 1 amide bonds. The molecule has 11 heteroatoms. The molecule has 0 aliphatic carbocycles. The summed E-state index contributed by atoms with van der Waals surface area (Å²) in [5.74, 6) is 0.176. The summed E-state index contributed by atoms with van der Waals surface area (Å²) in [6.07, 6.45) is 1.36. The first-order valence-corrected chi connectivity index (χ1v) is 10.6. The van der Waals surface area contributed by atoms with Crippen molar-refractivity contribution in [3.63, 3.8) is 0 Å². The summed E-state index contributed by atoms with van der Waals surface area (Å²) in [6, 6.07) is 5.99. The number of pyridine rings is 1. The lowest BCUT2D eigenvalue weighted by molar-refractivity contribution is 0.0693. The van der Waals surface area contributed by atoms with Gasteiger partial charge in [0, 0.05) is 18.7 Å². The first kappa shape index (κ1) is 21.5. The zero-order valence-corrected chi connectivity index (χ0v) is 17.5. The largest absolute Gasteiger partial charge is 0.495 e. The van der Waals surface area contributed by atoms with Crippen molar-refractivity contribution in [2.45, 2.75) is 4.90 Å². The minimum absolute atomic E-state index is 0.0896. The molecule has 0 atom stereocenters. The molecule has 1 aromatic carbocycles. The summed E-state index contributed by atoms with van der Waals surface area (Å²) in [4.78, 5) is 18.7. The molecule has 0 fully saturated rings. The molecule has 1 aliphatic heterocycles. The molecule has 3 rings (SSSR count). The number of methoxy groups -OCH3 is 2. The van der Waals surface area contributed by atoms with Crippen LogP contribution >= 0.6 is 22.4 Å². The van der Waals surface area contributed by atoms with Gasteiger partial charge < -0.3 is 19.1 Å². The van der Waals surface area contributed by atoms with E-state index in [9.17, 15) is 13.9 Å². The second-order valence-electron chi connectivity index (χ2n) is 6.16. The van der Waals surface area contributed by atoms with Crippen molar-refractivity contribution >= 4 is 34.0 Å². The van der Waals surface area contributed by atoms with Gasteiger partial charge in [-0.1, -0.05) is 22.4 Å². The van der Waals surface area contributed by atoms with Gasteiger partial charge in [0.15, 0.2) is 0 Å². The third-order valence-electron chi connectivity index (χ3n) is 4.23. The van der Waals surface area contributed by atoms with Crippen LogP contribution in [-0.2, 0) is 4.74 Å². The Balaban J connectivity index is 1.90. The van der Waals surface area contributed by atoms with E-state index in [-0.39, 0.29) is 33.7 Å². The zero-order valence-electron chi connectivity index (χ0n) is 15.9. The van der Waals surface area contributed by atoms with Crippen molar-refractivity contribution in [2.24, 2.45) is 0 Å². The van der Waals surface area contributed by atoms with Gasteiger partial charge in [-0.3, -0.25) is 18.6 Å². The molecule has 29 heavy (non-hydrogen) atoms. The van der Waals surface area contributed by atoms with Crippen LogP contribution in [0.1, 0.15) is 10.4 Å². The van der Waals surface area contributed by atoms with E-state index in [1.807, 2.05) is 0 Å². The summed E-state index contributed by atoms with van der Waals surface area (Å²) in [5.41, 5.74) is 0.452. The predicted molar refractivity (Wildman–Crippen MR) is 110 cm³/mol. The van der Waals surface area contributed by atoms with Crippen molar-refractivity contribution in [2.75, 3.05) is 45.2 Å². The number of ether oxygens (including phenoxy) is 3. The number of hydrogen-bond donors (Lipinski definition) is 3. The number of carbonyl (C=O) groups excluding carboxylic acids is 1. The Morgan fingerprint density at radius 3 is 2.86 bits per heavy atom. The molecule has 2 heterocycles. The third-order valence-corrected chi connectivity index (χ3v) is 5.91. The first-order chi connectivity index (χ1) is 13.9. The van der Waals surface area contributed by atoms with E-state index in [1.54, 1.807) is 18.1 Å². The number of rotatable bonds is 7. The summed E-state index contributed by atoms with van der Waals surface area (Å²) >= 11 is 5.99. The van der Waals surface area contributed by atoms with Crippen LogP contribution in [0.2, 0.25) is 5.02 Å². The molecule has 158 valence electrons. The van der Waals surface area contributed by atoms with Crippen LogP contribution in [0.4, 0.5) is 5.69 Å². The minimum atomic E-state index is -3.54. The summed E-state index contributed by atoms with van der Waals surface area (Å²) in [5, 5.41) is 0.319. The van der Waals surface area contributed by atoms with E-state index in [4.69, 9.17) is 25.8 Å². The first-order valence-electron chi connectivity index (χ1n) is 8.66. The molecule has 0 radical (unpaired) electrons. The average Bonchev–Trinajstić information content (AvgIpc) is 2.85. The maximum Gasteiger partial charge on any atom is 0.259 e. The molecule has 2 aromatic rings. The van der Waals surface area contributed by atoms with Crippen molar-refractivity contribution in [1.82, 2.24) is 9.88 Å². The summed E-state index contributed by atoms with van der Waals surface area (Å²) in [7, 11) is -0.570. The molecule has 3 N–H and O–H groups in total.